The van der Waals surface area contributed by atoms with Crippen LogP contribution in [0, 0.1) is 6.92 Å². The van der Waals surface area contributed by atoms with E-state index in [4.69, 9.17) is 4.74 Å². The molecule has 0 saturated carbocycles. The van der Waals surface area contributed by atoms with E-state index in [0.29, 0.717) is 31.8 Å². The first-order valence-corrected chi connectivity index (χ1v) is 11.3. The van der Waals surface area contributed by atoms with Crippen molar-refractivity contribution in [2.45, 2.75) is 59.6 Å². The van der Waals surface area contributed by atoms with Crippen molar-refractivity contribution in [2.24, 2.45) is 0 Å². The maximum atomic E-state index is 12.8. The van der Waals surface area contributed by atoms with Crippen LogP contribution in [0.15, 0.2) is 42.5 Å². The van der Waals surface area contributed by atoms with Crippen LogP contribution in [0.3, 0.4) is 0 Å². The first-order chi connectivity index (χ1) is 14.9. The topological polar surface area (TPSA) is 49.9 Å². The molecule has 5 nitrogen and oxygen atoms in total. The summed E-state index contributed by atoms with van der Waals surface area (Å²) in [5.41, 5.74) is 4.58. The Hall–Kier alpha value is -2.82. The van der Waals surface area contributed by atoms with Gasteiger partial charge in [0, 0.05) is 26.1 Å². The third-order valence-corrected chi connectivity index (χ3v) is 6.06. The number of hydrogen-bond donors (Lipinski definition) is 0. The highest BCUT2D eigenvalue weighted by Crippen LogP contribution is 2.38. The Bertz CT molecular complexity index is 936. The molecule has 1 aliphatic heterocycles. The fourth-order valence-corrected chi connectivity index (χ4v) is 4.38. The van der Waals surface area contributed by atoms with Crippen LogP contribution in [0.5, 0.6) is 5.75 Å². The molecule has 2 atom stereocenters. The molecule has 166 valence electrons. The lowest BCUT2D eigenvalue weighted by Gasteiger charge is -2.38. The zero-order valence-electron chi connectivity index (χ0n) is 19.4. The van der Waals surface area contributed by atoms with E-state index in [2.05, 4.69) is 31.2 Å². The van der Waals surface area contributed by atoms with E-state index in [0.717, 1.165) is 17.5 Å². The number of likely N-dealkylation sites (N-methyl/N-ethyl adjacent to an activating group) is 1. The SMILES string of the molecule is CCC(=O)N1CCc2ccc(OC(C)C(=O)N(CC)CC)cc2C1c1cccc(C)c1. The van der Waals surface area contributed by atoms with Crippen molar-refractivity contribution in [1.29, 1.82) is 0 Å². The minimum atomic E-state index is -0.563. The minimum absolute atomic E-state index is 0.0132. The molecule has 2 unspecified atom stereocenters. The van der Waals surface area contributed by atoms with Gasteiger partial charge in [0.1, 0.15) is 5.75 Å². The summed E-state index contributed by atoms with van der Waals surface area (Å²) in [6.07, 6.45) is 0.730. The Labute approximate surface area is 186 Å². The van der Waals surface area contributed by atoms with E-state index < -0.39 is 6.10 Å². The highest BCUT2D eigenvalue weighted by Gasteiger charge is 2.32. The lowest BCUT2D eigenvalue weighted by atomic mass is 9.87. The van der Waals surface area contributed by atoms with Crippen LogP contribution < -0.4 is 4.74 Å². The maximum absolute atomic E-state index is 12.8. The van der Waals surface area contributed by atoms with Crippen molar-refractivity contribution in [2.75, 3.05) is 19.6 Å². The van der Waals surface area contributed by atoms with Crippen LogP contribution in [-0.4, -0.2) is 47.4 Å². The molecule has 3 rings (SSSR count). The highest BCUT2D eigenvalue weighted by atomic mass is 16.5. The fourth-order valence-electron chi connectivity index (χ4n) is 4.38. The number of amides is 2. The average Bonchev–Trinajstić information content (AvgIpc) is 2.78. The number of fused-ring (bicyclic) bond motifs is 1. The summed E-state index contributed by atoms with van der Waals surface area (Å²) in [5, 5.41) is 0. The molecule has 0 aliphatic carbocycles. The number of carbonyl (C=O) groups is 2. The van der Waals surface area contributed by atoms with E-state index >= 15 is 0 Å². The van der Waals surface area contributed by atoms with Crippen LogP contribution in [0.1, 0.15) is 62.4 Å². The molecule has 0 saturated heterocycles. The lowest BCUT2D eigenvalue weighted by molar-refractivity contribution is -0.137. The molecular formula is C26H34N2O3. The molecular weight excluding hydrogens is 388 g/mol. The van der Waals surface area contributed by atoms with Gasteiger partial charge in [-0.05, 0) is 62.9 Å². The van der Waals surface area contributed by atoms with Crippen molar-refractivity contribution in [3.8, 4) is 5.75 Å². The monoisotopic (exact) mass is 422 g/mol. The van der Waals surface area contributed by atoms with Gasteiger partial charge in [0.15, 0.2) is 6.10 Å². The van der Waals surface area contributed by atoms with Gasteiger partial charge in [0.25, 0.3) is 5.91 Å². The van der Waals surface area contributed by atoms with Gasteiger partial charge in [0.05, 0.1) is 6.04 Å². The molecule has 2 aromatic rings. The Balaban J connectivity index is 1.97. The number of nitrogens with zero attached hydrogens (tertiary/aromatic N) is 2. The molecule has 0 aromatic heterocycles. The number of carbonyl (C=O) groups excluding carboxylic acids is 2. The number of benzene rings is 2. The Morgan fingerprint density at radius 1 is 1.13 bits per heavy atom. The first kappa shape index (κ1) is 22.9. The lowest BCUT2D eigenvalue weighted by Crippen LogP contribution is -2.41. The number of hydrogen-bond acceptors (Lipinski definition) is 3. The van der Waals surface area contributed by atoms with Gasteiger partial charge in [-0.2, -0.15) is 0 Å². The average molecular weight is 423 g/mol. The molecule has 0 bridgehead atoms. The van der Waals surface area contributed by atoms with E-state index in [1.165, 1.54) is 11.1 Å². The summed E-state index contributed by atoms with van der Waals surface area (Å²) in [5.74, 6) is 0.796. The minimum Gasteiger partial charge on any atom is -0.481 e. The van der Waals surface area contributed by atoms with Crippen LogP contribution in [0.2, 0.25) is 0 Å². The molecule has 0 spiro atoms. The summed E-state index contributed by atoms with van der Waals surface area (Å²) in [6.45, 7) is 11.7. The predicted molar refractivity (Wildman–Crippen MR) is 123 cm³/mol. The maximum Gasteiger partial charge on any atom is 0.263 e. The van der Waals surface area contributed by atoms with Crippen molar-refractivity contribution < 1.29 is 14.3 Å². The van der Waals surface area contributed by atoms with Crippen LogP contribution in [-0.2, 0) is 16.0 Å². The Kier molecular flexibility index (Phi) is 7.37. The summed E-state index contributed by atoms with van der Waals surface area (Å²) in [4.78, 5) is 29.2. The van der Waals surface area contributed by atoms with Gasteiger partial charge >= 0.3 is 0 Å². The highest BCUT2D eigenvalue weighted by molar-refractivity contribution is 5.81. The normalized spacial score (nSPS) is 16.4. The summed E-state index contributed by atoms with van der Waals surface area (Å²) in [7, 11) is 0. The van der Waals surface area contributed by atoms with Crippen LogP contribution in [0.25, 0.3) is 0 Å². The molecule has 1 heterocycles. The van der Waals surface area contributed by atoms with Gasteiger partial charge in [-0.1, -0.05) is 42.8 Å². The van der Waals surface area contributed by atoms with Gasteiger partial charge in [-0.15, -0.1) is 0 Å². The molecule has 0 fully saturated rings. The molecule has 2 amide bonds. The zero-order valence-corrected chi connectivity index (χ0v) is 19.4. The number of ether oxygens (including phenoxy) is 1. The standard InChI is InChI=1S/C26H34N2O3/c1-6-24(29)28-15-14-20-12-13-22(31-19(5)26(30)27(7-2)8-3)17-23(20)25(28)21-11-9-10-18(4)16-21/h9-13,16-17,19,25H,6-8,14-15H2,1-5H3. The second kappa shape index (κ2) is 9.99. The predicted octanol–water partition coefficient (Wildman–Crippen LogP) is 4.51. The summed E-state index contributed by atoms with van der Waals surface area (Å²) in [6, 6.07) is 14.2. The van der Waals surface area contributed by atoms with Gasteiger partial charge in [-0.25, -0.2) is 0 Å². The molecule has 0 N–H and O–H groups in total. The molecule has 2 aromatic carbocycles. The van der Waals surface area contributed by atoms with Gasteiger partial charge < -0.3 is 14.5 Å². The fraction of sp³-hybridized carbons (Fsp3) is 0.462. The van der Waals surface area contributed by atoms with E-state index in [9.17, 15) is 9.59 Å². The largest absolute Gasteiger partial charge is 0.481 e. The quantitative estimate of drug-likeness (QED) is 0.659. The molecule has 0 radical (unpaired) electrons. The van der Waals surface area contributed by atoms with Crippen LogP contribution in [0.4, 0.5) is 0 Å². The zero-order chi connectivity index (χ0) is 22.5. The van der Waals surface area contributed by atoms with Gasteiger partial charge in [0.2, 0.25) is 5.91 Å². The number of aryl methyl sites for hydroxylation is 1. The van der Waals surface area contributed by atoms with Crippen molar-refractivity contribution in [1.82, 2.24) is 9.80 Å². The summed E-state index contributed by atoms with van der Waals surface area (Å²) >= 11 is 0. The Morgan fingerprint density at radius 3 is 2.52 bits per heavy atom. The first-order valence-electron chi connectivity index (χ1n) is 11.3. The molecule has 5 heteroatoms. The molecule has 31 heavy (non-hydrogen) atoms. The third-order valence-electron chi connectivity index (χ3n) is 6.06. The van der Waals surface area contributed by atoms with E-state index in [-0.39, 0.29) is 17.9 Å². The van der Waals surface area contributed by atoms with Gasteiger partial charge in [-0.3, -0.25) is 9.59 Å². The van der Waals surface area contributed by atoms with E-state index in [1.807, 2.05) is 43.9 Å². The van der Waals surface area contributed by atoms with E-state index in [1.54, 1.807) is 11.8 Å². The Morgan fingerprint density at radius 2 is 1.87 bits per heavy atom. The van der Waals surface area contributed by atoms with Crippen molar-refractivity contribution in [3.63, 3.8) is 0 Å². The van der Waals surface area contributed by atoms with Crippen LogP contribution >= 0.6 is 0 Å². The second-order valence-corrected chi connectivity index (χ2v) is 8.14. The number of rotatable bonds is 7. The molecule has 1 aliphatic rings. The second-order valence-electron chi connectivity index (χ2n) is 8.14. The summed E-state index contributed by atoms with van der Waals surface area (Å²) < 4.78 is 6.06. The third kappa shape index (κ3) is 4.92. The van der Waals surface area contributed by atoms with Crippen molar-refractivity contribution in [3.05, 3.63) is 64.7 Å². The smallest absolute Gasteiger partial charge is 0.263 e. The van der Waals surface area contributed by atoms with Crippen molar-refractivity contribution >= 4 is 11.8 Å².